The fraction of sp³-hybridized carbons (Fsp3) is 1.00. The molecular formula is C8H25N5O. The summed E-state index contributed by atoms with van der Waals surface area (Å²) in [4.78, 5) is 0. The lowest BCUT2D eigenvalue weighted by atomic mass is 10.4. The standard InChI is InChI=1S/C4H10N2.C2H8N2.C2H7NO/c1-2-6-4-3-5-1;2*3-1-2-4/h5-6H,1-4H2;1-4H2;4H,1-3H2. The fourth-order valence-corrected chi connectivity index (χ4v) is 0.604. The number of aliphatic hydroxyl groups is 1. The second kappa shape index (κ2) is 18.5. The molecule has 0 aliphatic carbocycles. The molecule has 1 aliphatic heterocycles. The third kappa shape index (κ3) is 22.6. The van der Waals surface area contributed by atoms with Crippen molar-refractivity contribution in [2.45, 2.75) is 0 Å². The van der Waals surface area contributed by atoms with Crippen LogP contribution in [0.2, 0.25) is 0 Å². The molecule has 1 rings (SSSR count). The lowest BCUT2D eigenvalue weighted by Crippen LogP contribution is -2.39. The fourth-order valence-electron chi connectivity index (χ4n) is 0.604. The van der Waals surface area contributed by atoms with Crippen LogP contribution >= 0.6 is 0 Å². The second-order valence-electron chi connectivity index (χ2n) is 2.59. The third-order valence-corrected chi connectivity index (χ3v) is 1.25. The molecule has 0 aromatic rings. The zero-order valence-electron chi connectivity index (χ0n) is 8.84. The second-order valence-corrected chi connectivity index (χ2v) is 2.59. The highest BCUT2D eigenvalue weighted by molar-refractivity contribution is 4.59. The van der Waals surface area contributed by atoms with Gasteiger partial charge in [0.2, 0.25) is 0 Å². The lowest BCUT2D eigenvalue weighted by molar-refractivity contribution is 0.306. The van der Waals surface area contributed by atoms with Crippen LogP contribution in [-0.4, -0.2) is 57.5 Å². The van der Waals surface area contributed by atoms with Gasteiger partial charge in [-0.3, -0.25) is 0 Å². The molecule has 14 heavy (non-hydrogen) atoms. The molecule has 88 valence electrons. The Morgan fingerprint density at radius 2 is 1.07 bits per heavy atom. The van der Waals surface area contributed by atoms with Crippen molar-refractivity contribution in [3.63, 3.8) is 0 Å². The number of rotatable bonds is 2. The maximum Gasteiger partial charge on any atom is 0.0553 e. The van der Waals surface area contributed by atoms with Crippen LogP contribution in [0.15, 0.2) is 0 Å². The first-order chi connectivity index (χ1) is 6.83. The van der Waals surface area contributed by atoms with E-state index in [-0.39, 0.29) is 6.61 Å². The molecule has 0 amide bonds. The molecule has 0 atom stereocenters. The van der Waals surface area contributed by atoms with Crippen LogP contribution in [0.25, 0.3) is 0 Å². The highest BCUT2D eigenvalue weighted by atomic mass is 16.3. The summed E-state index contributed by atoms with van der Waals surface area (Å²) >= 11 is 0. The van der Waals surface area contributed by atoms with Crippen LogP contribution in [0.3, 0.4) is 0 Å². The van der Waals surface area contributed by atoms with Gasteiger partial charge in [0.25, 0.3) is 0 Å². The normalized spacial score (nSPS) is 14.6. The van der Waals surface area contributed by atoms with E-state index >= 15 is 0 Å². The molecule has 6 nitrogen and oxygen atoms in total. The van der Waals surface area contributed by atoms with Crippen molar-refractivity contribution < 1.29 is 5.11 Å². The van der Waals surface area contributed by atoms with Gasteiger partial charge in [-0.15, -0.1) is 0 Å². The van der Waals surface area contributed by atoms with Crippen molar-refractivity contribution in [1.29, 1.82) is 0 Å². The molecule has 1 saturated heterocycles. The van der Waals surface area contributed by atoms with E-state index in [1.807, 2.05) is 0 Å². The predicted octanol–water partition coefficient (Wildman–Crippen LogP) is -2.98. The molecule has 6 heteroatoms. The van der Waals surface area contributed by atoms with Crippen LogP contribution in [0.5, 0.6) is 0 Å². The van der Waals surface area contributed by atoms with Crippen molar-refractivity contribution >= 4 is 0 Å². The topological polar surface area (TPSA) is 122 Å². The van der Waals surface area contributed by atoms with Gasteiger partial charge in [-0.25, -0.2) is 0 Å². The summed E-state index contributed by atoms with van der Waals surface area (Å²) in [6.45, 7) is 6.22. The van der Waals surface area contributed by atoms with Crippen molar-refractivity contribution in [2.24, 2.45) is 17.2 Å². The average Bonchev–Trinajstić information content (AvgIpc) is 2.32. The van der Waals surface area contributed by atoms with Gasteiger partial charge in [-0.1, -0.05) is 0 Å². The molecule has 0 aromatic carbocycles. The van der Waals surface area contributed by atoms with Crippen LogP contribution in [0, 0.1) is 0 Å². The molecule has 9 N–H and O–H groups in total. The molecule has 1 aliphatic rings. The van der Waals surface area contributed by atoms with Gasteiger partial charge >= 0.3 is 0 Å². The number of hydrogen-bond donors (Lipinski definition) is 6. The summed E-state index contributed by atoms with van der Waals surface area (Å²) < 4.78 is 0. The van der Waals surface area contributed by atoms with E-state index in [9.17, 15) is 0 Å². The highest BCUT2D eigenvalue weighted by Crippen LogP contribution is 1.65. The van der Waals surface area contributed by atoms with Crippen LogP contribution in [0.4, 0.5) is 0 Å². The Morgan fingerprint density at radius 1 is 0.786 bits per heavy atom. The van der Waals surface area contributed by atoms with Gasteiger partial charge in [0.15, 0.2) is 0 Å². The Kier molecular flexibility index (Phi) is 21.4. The number of hydrogen-bond acceptors (Lipinski definition) is 6. The molecule has 0 aromatic heterocycles. The Bertz CT molecular complexity index is 60.6. The quantitative estimate of drug-likeness (QED) is 0.287. The molecule has 0 bridgehead atoms. The van der Waals surface area contributed by atoms with Crippen LogP contribution in [-0.2, 0) is 0 Å². The Hall–Kier alpha value is -0.240. The summed E-state index contributed by atoms with van der Waals surface area (Å²) in [5.41, 5.74) is 14.6. The maximum atomic E-state index is 7.75. The maximum absolute atomic E-state index is 7.75. The number of nitrogens with one attached hydrogen (secondary N) is 2. The van der Waals surface area contributed by atoms with E-state index in [4.69, 9.17) is 22.3 Å². The summed E-state index contributed by atoms with van der Waals surface area (Å²) in [6.07, 6.45) is 0. The molecule has 0 spiro atoms. The van der Waals surface area contributed by atoms with Gasteiger partial charge in [-0.05, 0) is 0 Å². The van der Waals surface area contributed by atoms with Crippen molar-refractivity contribution in [2.75, 3.05) is 52.4 Å². The monoisotopic (exact) mass is 207 g/mol. The zero-order valence-corrected chi connectivity index (χ0v) is 8.84. The predicted molar refractivity (Wildman–Crippen MR) is 60.0 cm³/mol. The van der Waals surface area contributed by atoms with E-state index in [0.717, 1.165) is 26.2 Å². The lowest BCUT2D eigenvalue weighted by Gasteiger charge is -2.11. The summed E-state index contributed by atoms with van der Waals surface area (Å²) in [5.74, 6) is 0. The summed E-state index contributed by atoms with van der Waals surface area (Å²) in [5, 5.41) is 14.2. The third-order valence-electron chi connectivity index (χ3n) is 1.25. The first-order valence-electron chi connectivity index (χ1n) is 4.96. The number of aliphatic hydroxyl groups excluding tert-OH is 1. The Morgan fingerprint density at radius 3 is 1.14 bits per heavy atom. The van der Waals surface area contributed by atoms with E-state index in [2.05, 4.69) is 10.6 Å². The molecule has 1 heterocycles. The average molecular weight is 207 g/mol. The largest absolute Gasteiger partial charge is 0.395 e. The summed E-state index contributed by atoms with van der Waals surface area (Å²) in [7, 11) is 0. The molecule has 0 radical (unpaired) electrons. The van der Waals surface area contributed by atoms with Gasteiger partial charge < -0.3 is 32.9 Å². The van der Waals surface area contributed by atoms with Gasteiger partial charge in [0.05, 0.1) is 6.61 Å². The zero-order chi connectivity index (χ0) is 11.1. The van der Waals surface area contributed by atoms with E-state index in [1.165, 1.54) is 0 Å². The van der Waals surface area contributed by atoms with Gasteiger partial charge in [-0.2, -0.15) is 0 Å². The Labute approximate surface area is 86.2 Å². The Balaban J connectivity index is 0. The van der Waals surface area contributed by atoms with E-state index < -0.39 is 0 Å². The molecular weight excluding hydrogens is 182 g/mol. The first-order valence-corrected chi connectivity index (χ1v) is 4.96. The summed E-state index contributed by atoms with van der Waals surface area (Å²) in [6, 6.07) is 0. The highest BCUT2D eigenvalue weighted by Gasteiger charge is 1.91. The molecule has 0 saturated carbocycles. The van der Waals surface area contributed by atoms with Crippen LogP contribution < -0.4 is 27.8 Å². The minimum atomic E-state index is 0.0972. The van der Waals surface area contributed by atoms with Gasteiger partial charge in [0.1, 0.15) is 0 Å². The van der Waals surface area contributed by atoms with Crippen molar-refractivity contribution in [1.82, 2.24) is 10.6 Å². The SMILES string of the molecule is C1CNCCN1.NCCN.NCCO. The molecule has 0 unspecified atom stereocenters. The minimum Gasteiger partial charge on any atom is -0.395 e. The minimum absolute atomic E-state index is 0.0972. The van der Waals surface area contributed by atoms with Gasteiger partial charge in [0, 0.05) is 45.8 Å². The van der Waals surface area contributed by atoms with Crippen LogP contribution in [0.1, 0.15) is 0 Å². The van der Waals surface area contributed by atoms with E-state index in [0.29, 0.717) is 19.6 Å². The molecule has 1 fully saturated rings. The van der Waals surface area contributed by atoms with Crippen molar-refractivity contribution in [3.8, 4) is 0 Å². The van der Waals surface area contributed by atoms with Crippen molar-refractivity contribution in [3.05, 3.63) is 0 Å². The number of piperazine rings is 1. The first kappa shape index (κ1) is 16.2. The number of nitrogens with two attached hydrogens (primary N) is 3. The smallest absolute Gasteiger partial charge is 0.0553 e. The van der Waals surface area contributed by atoms with E-state index in [1.54, 1.807) is 0 Å².